The summed E-state index contributed by atoms with van der Waals surface area (Å²) in [7, 11) is 3.41. The van der Waals surface area contributed by atoms with Crippen molar-refractivity contribution in [1.29, 1.82) is 0 Å². The molecule has 0 aliphatic carbocycles. The van der Waals surface area contributed by atoms with Gasteiger partial charge < -0.3 is 23.7 Å². The Labute approximate surface area is 230 Å². The van der Waals surface area contributed by atoms with E-state index in [-0.39, 0.29) is 5.91 Å². The molecule has 0 N–H and O–H groups in total. The standard InChI is InChI=1S/C30H38ClN3O4/c1-22(24-7-10-26(11-8-24)33-17-15-32(16-18-33)13-5-19-36-3)30-29(34(23(2)35)14-6-20-37-4)27-21-25(31)9-12-28(27)38-30/h7-12,21H,1,5-6,13-20H2,2-4H3. The SMILES string of the molecule is C=C(c1ccc(N2CCN(CCCOC)CC2)cc1)c1oc2ccc(Cl)cc2c1N(CCCOC)C(C)=O. The van der Waals surface area contributed by atoms with Gasteiger partial charge in [-0.05, 0) is 48.7 Å². The zero-order valence-corrected chi connectivity index (χ0v) is 23.4. The van der Waals surface area contributed by atoms with Crippen LogP contribution in [0, 0.1) is 0 Å². The van der Waals surface area contributed by atoms with Crippen molar-refractivity contribution in [3.8, 4) is 0 Å². The number of halogens is 1. The van der Waals surface area contributed by atoms with Crippen molar-refractivity contribution in [2.45, 2.75) is 19.8 Å². The van der Waals surface area contributed by atoms with Gasteiger partial charge in [0.05, 0.1) is 5.69 Å². The Balaban J connectivity index is 1.56. The van der Waals surface area contributed by atoms with Crippen LogP contribution in [-0.4, -0.2) is 77.5 Å². The highest BCUT2D eigenvalue weighted by Crippen LogP contribution is 2.41. The molecule has 0 radical (unpaired) electrons. The molecule has 0 saturated carbocycles. The van der Waals surface area contributed by atoms with Crippen molar-refractivity contribution in [3.05, 3.63) is 65.4 Å². The quantitative estimate of drug-likeness (QED) is 0.275. The van der Waals surface area contributed by atoms with Gasteiger partial charge in [0.2, 0.25) is 5.91 Å². The van der Waals surface area contributed by atoms with Gasteiger partial charge >= 0.3 is 0 Å². The number of ether oxygens (including phenoxy) is 2. The van der Waals surface area contributed by atoms with E-state index in [1.807, 2.05) is 12.1 Å². The molecule has 2 aromatic carbocycles. The van der Waals surface area contributed by atoms with Gasteiger partial charge in [-0.3, -0.25) is 9.69 Å². The summed E-state index contributed by atoms with van der Waals surface area (Å²) >= 11 is 6.34. The number of rotatable bonds is 12. The van der Waals surface area contributed by atoms with Crippen molar-refractivity contribution in [2.24, 2.45) is 0 Å². The summed E-state index contributed by atoms with van der Waals surface area (Å²) in [6.45, 7) is 13.0. The molecule has 1 saturated heterocycles. The fourth-order valence-corrected chi connectivity index (χ4v) is 5.16. The van der Waals surface area contributed by atoms with Gasteiger partial charge in [-0.2, -0.15) is 0 Å². The zero-order valence-electron chi connectivity index (χ0n) is 22.7. The van der Waals surface area contributed by atoms with E-state index in [0.29, 0.717) is 41.6 Å². The van der Waals surface area contributed by atoms with Crippen LogP contribution in [0.3, 0.4) is 0 Å². The van der Waals surface area contributed by atoms with Gasteiger partial charge in [-0.1, -0.05) is 30.3 Å². The Morgan fingerprint density at radius 2 is 1.71 bits per heavy atom. The number of piperazine rings is 1. The molecule has 1 aliphatic heterocycles. The van der Waals surface area contributed by atoms with Crippen LogP contribution in [0.5, 0.6) is 0 Å². The third kappa shape index (κ3) is 6.59. The Morgan fingerprint density at radius 3 is 2.37 bits per heavy atom. The number of carbonyl (C=O) groups is 1. The number of benzene rings is 2. The molecule has 38 heavy (non-hydrogen) atoms. The minimum Gasteiger partial charge on any atom is -0.454 e. The first-order chi connectivity index (χ1) is 18.4. The van der Waals surface area contributed by atoms with Crippen LogP contribution < -0.4 is 9.80 Å². The number of fused-ring (bicyclic) bond motifs is 1. The monoisotopic (exact) mass is 539 g/mol. The van der Waals surface area contributed by atoms with Crippen molar-refractivity contribution >= 4 is 45.4 Å². The summed E-state index contributed by atoms with van der Waals surface area (Å²) in [6.07, 6.45) is 1.76. The molecule has 3 aromatic rings. The Hall–Kier alpha value is -2.84. The summed E-state index contributed by atoms with van der Waals surface area (Å²) in [5.41, 5.74) is 4.22. The van der Waals surface area contributed by atoms with Gasteiger partial charge in [0.15, 0.2) is 5.76 Å². The smallest absolute Gasteiger partial charge is 0.223 e. The minimum absolute atomic E-state index is 0.0745. The number of hydrogen-bond donors (Lipinski definition) is 0. The first-order valence-electron chi connectivity index (χ1n) is 13.2. The average molecular weight is 540 g/mol. The van der Waals surface area contributed by atoms with E-state index < -0.39 is 0 Å². The molecule has 2 heterocycles. The maximum absolute atomic E-state index is 12.8. The van der Waals surface area contributed by atoms with Crippen LogP contribution in [-0.2, 0) is 14.3 Å². The number of carbonyl (C=O) groups excluding carboxylic acids is 1. The number of hydrogen-bond acceptors (Lipinski definition) is 6. The van der Waals surface area contributed by atoms with Crippen LogP contribution in [0.2, 0.25) is 5.02 Å². The predicted octanol–water partition coefficient (Wildman–Crippen LogP) is 5.70. The fraction of sp³-hybridized carbons (Fsp3) is 0.433. The van der Waals surface area contributed by atoms with Crippen LogP contribution in [0.15, 0.2) is 53.5 Å². The van der Waals surface area contributed by atoms with Gasteiger partial charge in [0, 0.05) is 95.3 Å². The number of anilines is 2. The number of furan rings is 1. The molecule has 0 unspecified atom stereocenters. The molecule has 7 nitrogen and oxygen atoms in total. The molecule has 1 aliphatic rings. The third-order valence-electron chi connectivity index (χ3n) is 7.05. The van der Waals surface area contributed by atoms with Crippen LogP contribution in [0.25, 0.3) is 16.5 Å². The fourth-order valence-electron chi connectivity index (χ4n) is 4.99. The normalized spacial score (nSPS) is 14.3. The summed E-state index contributed by atoms with van der Waals surface area (Å²) < 4.78 is 16.7. The highest BCUT2D eigenvalue weighted by atomic mass is 35.5. The lowest BCUT2D eigenvalue weighted by Gasteiger charge is -2.36. The maximum atomic E-state index is 12.8. The molecule has 8 heteroatoms. The number of nitrogens with zero attached hydrogens (tertiary/aromatic N) is 3. The lowest BCUT2D eigenvalue weighted by atomic mass is 10.0. The van der Waals surface area contributed by atoms with E-state index in [4.69, 9.17) is 25.5 Å². The maximum Gasteiger partial charge on any atom is 0.223 e. The highest BCUT2D eigenvalue weighted by molar-refractivity contribution is 6.31. The van der Waals surface area contributed by atoms with E-state index in [1.54, 1.807) is 32.1 Å². The molecule has 0 atom stereocenters. The Kier molecular flexibility index (Phi) is 9.86. The summed E-state index contributed by atoms with van der Waals surface area (Å²) in [5.74, 6) is 0.502. The Bertz CT molecular complexity index is 1230. The van der Waals surface area contributed by atoms with Crippen molar-refractivity contribution in [3.63, 3.8) is 0 Å². The summed E-state index contributed by atoms with van der Waals surface area (Å²) in [5, 5.41) is 1.38. The third-order valence-corrected chi connectivity index (χ3v) is 7.29. The number of methoxy groups -OCH3 is 2. The second-order valence-corrected chi connectivity index (χ2v) is 10.1. The molecule has 1 aromatic heterocycles. The molecule has 0 bridgehead atoms. The summed E-state index contributed by atoms with van der Waals surface area (Å²) in [4.78, 5) is 19.4. The lowest BCUT2D eigenvalue weighted by Crippen LogP contribution is -2.46. The lowest BCUT2D eigenvalue weighted by molar-refractivity contribution is -0.116. The van der Waals surface area contributed by atoms with E-state index >= 15 is 0 Å². The van der Waals surface area contributed by atoms with Crippen molar-refractivity contribution in [1.82, 2.24) is 4.90 Å². The molecule has 1 amide bonds. The van der Waals surface area contributed by atoms with Gasteiger partial charge in [-0.25, -0.2) is 0 Å². The molecule has 0 spiro atoms. The number of amides is 1. The highest BCUT2D eigenvalue weighted by Gasteiger charge is 2.25. The predicted molar refractivity (Wildman–Crippen MR) is 155 cm³/mol. The molecule has 204 valence electrons. The second kappa shape index (κ2) is 13.3. The van der Waals surface area contributed by atoms with Crippen molar-refractivity contribution < 1.29 is 18.7 Å². The van der Waals surface area contributed by atoms with Crippen LogP contribution >= 0.6 is 11.6 Å². The van der Waals surface area contributed by atoms with Crippen LogP contribution in [0.4, 0.5) is 11.4 Å². The summed E-state index contributed by atoms with van der Waals surface area (Å²) in [6, 6.07) is 13.9. The average Bonchev–Trinajstić information content (AvgIpc) is 3.29. The van der Waals surface area contributed by atoms with Crippen molar-refractivity contribution in [2.75, 3.05) is 76.5 Å². The van der Waals surface area contributed by atoms with E-state index in [1.165, 1.54) is 5.69 Å². The van der Waals surface area contributed by atoms with Gasteiger partial charge in [0.1, 0.15) is 5.58 Å². The van der Waals surface area contributed by atoms with E-state index in [0.717, 1.165) is 62.3 Å². The van der Waals surface area contributed by atoms with E-state index in [9.17, 15) is 4.79 Å². The zero-order chi connectivity index (χ0) is 27.1. The first kappa shape index (κ1) is 28.2. The van der Waals surface area contributed by atoms with Gasteiger partial charge in [-0.15, -0.1) is 0 Å². The molecular formula is C30H38ClN3O4. The Morgan fingerprint density at radius 1 is 1.03 bits per heavy atom. The van der Waals surface area contributed by atoms with Gasteiger partial charge in [0.25, 0.3) is 0 Å². The first-order valence-corrected chi connectivity index (χ1v) is 13.6. The minimum atomic E-state index is -0.0745. The topological polar surface area (TPSA) is 58.4 Å². The second-order valence-electron chi connectivity index (χ2n) is 9.64. The molecule has 4 rings (SSSR count). The molecular weight excluding hydrogens is 502 g/mol. The van der Waals surface area contributed by atoms with E-state index in [2.05, 4.69) is 40.6 Å². The largest absolute Gasteiger partial charge is 0.454 e. The molecule has 1 fully saturated rings. The van der Waals surface area contributed by atoms with Crippen LogP contribution in [0.1, 0.15) is 31.1 Å².